The van der Waals surface area contributed by atoms with Crippen molar-refractivity contribution in [3.05, 3.63) is 51.8 Å². The quantitative estimate of drug-likeness (QED) is 0.752. The lowest BCUT2D eigenvalue weighted by Crippen LogP contribution is -2.25. The molecule has 0 radical (unpaired) electrons. The molecule has 134 valence electrons. The standard InChI is InChI=1S/C20H21N3O2S/c1-11-16-12(2)21-18(14-6-7-14)22-19(16)26-17(11)20(25)23(3)10-13-4-8-15(24)9-5-13/h4-5,8-9,14,24H,6-7,10H2,1-3H3. The summed E-state index contributed by atoms with van der Waals surface area (Å²) in [4.78, 5) is 25.7. The molecular formula is C20H21N3O2S. The number of rotatable bonds is 4. The first-order chi connectivity index (χ1) is 12.4. The Hall–Kier alpha value is -2.47. The molecule has 5 nitrogen and oxygen atoms in total. The monoisotopic (exact) mass is 367 g/mol. The summed E-state index contributed by atoms with van der Waals surface area (Å²) in [5.74, 6) is 1.64. The van der Waals surface area contributed by atoms with Crippen molar-refractivity contribution in [2.45, 2.75) is 39.2 Å². The van der Waals surface area contributed by atoms with Gasteiger partial charge < -0.3 is 10.0 Å². The van der Waals surface area contributed by atoms with E-state index >= 15 is 0 Å². The first-order valence-electron chi connectivity index (χ1n) is 8.75. The van der Waals surface area contributed by atoms with Gasteiger partial charge in [-0.15, -0.1) is 11.3 Å². The molecule has 3 aromatic rings. The Morgan fingerprint density at radius 3 is 2.58 bits per heavy atom. The van der Waals surface area contributed by atoms with Gasteiger partial charge in [-0.3, -0.25) is 4.79 Å². The van der Waals surface area contributed by atoms with Crippen molar-refractivity contribution in [3.63, 3.8) is 0 Å². The summed E-state index contributed by atoms with van der Waals surface area (Å²) in [7, 11) is 1.80. The van der Waals surface area contributed by atoms with E-state index in [1.807, 2.05) is 26.0 Å². The number of phenols is 1. The largest absolute Gasteiger partial charge is 0.508 e. The summed E-state index contributed by atoms with van der Waals surface area (Å²) in [6, 6.07) is 6.93. The van der Waals surface area contributed by atoms with Crippen LogP contribution >= 0.6 is 11.3 Å². The van der Waals surface area contributed by atoms with Gasteiger partial charge >= 0.3 is 0 Å². The number of aromatic hydroxyl groups is 1. The SMILES string of the molecule is Cc1nc(C2CC2)nc2sc(C(=O)N(C)Cc3ccc(O)cc3)c(C)c12. The summed E-state index contributed by atoms with van der Waals surface area (Å²) >= 11 is 1.46. The molecule has 0 atom stereocenters. The number of aryl methyl sites for hydroxylation is 2. The Morgan fingerprint density at radius 1 is 1.23 bits per heavy atom. The Morgan fingerprint density at radius 2 is 1.92 bits per heavy atom. The molecule has 4 rings (SSSR count). The number of amides is 1. The number of aromatic nitrogens is 2. The lowest BCUT2D eigenvalue weighted by molar-refractivity contribution is 0.0789. The molecule has 1 N–H and O–H groups in total. The van der Waals surface area contributed by atoms with Crippen LogP contribution in [0.1, 0.15) is 51.1 Å². The number of carbonyl (C=O) groups excluding carboxylic acids is 1. The van der Waals surface area contributed by atoms with Crippen molar-refractivity contribution in [1.82, 2.24) is 14.9 Å². The molecule has 1 saturated carbocycles. The van der Waals surface area contributed by atoms with E-state index in [0.717, 1.165) is 50.6 Å². The zero-order valence-corrected chi connectivity index (χ0v) is 15.9. The molecule has 2 heterocycles. The van der Waals surface area contributed by atoms with E-state index in [9.17, 15) is 9.90 Å². The number of hydrogen-bond acceptors (Lipinski definition) is 5. The van der Waals surface area contributed by atoms with E-state index in [2.05, 4.69) is 4.98 Å². The minimum Gasteiger partial charge on any atom is -0.508 e. The van der Waals surface area contributed by atoms with Gasteiger partial charge in [-0.1, -0.05) is 12.1 Å². The maximum atomic E-state index is 13.0. The smallest absolute Gasteiger partial charge is 0.264 e. The van der Waals surface area contributed by atoms with Crippen molar-refractivity contribution in [1.29, 1.82) is 0 Å². The van der Waals surface area contributed by atoms with Crippen LogP contribution in [-0.2, 0) is 6.54 Å². The van der Waals surface area contributed by atoms with Gasteiger partial charge in [0.2, 0.25) is 0 Å². The minimum absolute atomic E-state index is 0.00838. The molecule has 0 spiro atoms. The lowest BCUT2D eigenvalue weighted by atomic mass is 10.1. The van der Waals surface area contributed by atoms with Gasteiger partial charge in [0.05, 0.1) is 10.6 Å². The van der Waals surface area contributed by atoms with Crippen LogP contribution in [0.4, 0.5) is 0 Å². The second kappa shape index (κ2) is 6.36. The second-order valence-electron chi connectivity index (χ2n) is 7.01. The van der Waals surface area contributed by atoms with Gasteiger partial charge in [-0.05, 0) is 49.9 Å². The van der Waals surface area contributed by atoms with Crippen LogP contribution < -0.4 is 0 Å². The summed E-state index contributed by atoms with van der Waals surface area (Å²) < 4.78 is 0. The second-order valence-corrected chi connectivity index (χ2v) is 8.00. The predicted molar refractivity (Wildman–Crippen MR) is 103 cm³/mol. The molecule has 1 amide bonds. The molecular weight excluding hydrogens is 346 g/mol. The van der Waals surface area contributed by atoms with Crippen molar-refractivity contribution in [2.75, 3.05) is 7.05 Å². The van der Waals surface area contributed by atoms with Crippen molar-refractivity contribution < 1.29 is 9.90 Å². The van der Waals surface area contributed by atoms with E-state index < -0.39 is 0 Å². The number of nitrogens with zero attached hydrogens (tertiary/aromatic N) is 3. The topological polar surface area (TPSA) is 66.3 Å². The van der Waals surface area contributed by atoms with Crippen LogP contribution in [0.15, 0.2) is 24.3 Å². The number of thiophene rings is 1. The van der Waals surface area contributed by atoms with Gasteiger partial charge in [-0.2, -0.15) is 0 Å². The van der Waals surface area contributed by atoms with Crippen molar-refractivity contribution in [3.8, 4) is 5.75 Å². The molecule has 0 unspecified atom stereocenters. The average Bonchev–Trinajstić information content (AvgIpc) is 3.40. The van der Waals surface area contributed by atoms with E-state index in [1.165, 1.54) is 11.3 Å². The fourth-order valence-electron chi connectivity index (χ4n) is 3.21. The zero-order valence-electron chi connectivity index (χ0n) is 15.1. The van der Waals surface area contributed by atoms with Gasteiger partial charge in [0.25, 0.3) is 5.91 Å². The summed E-state index contributed by atoms with van der Waals surface area (Å²) in [5, 5.41) is 10.4. The molecule has 2 aromatic heterocycles. The van der Waals surface area contributed by atoms with Crippen molar-refractivity contribution in [2.24, 2.45) is 0 Å². The Kier molecular flexibility index (Phi) is 4.15. The maximum absolute atomic E-state index is 13.0. The van der Waals surface area contributed by atoms with E-state index in [1.54, 1.807) is 24.1 Å². The number of fused-ring (bicyclic) bond motifs is 1. The highest BCUT2D eigenvalue weighted by atomic mass is 32.1. The Labute approximate surface area is 156 Å². The number of phenolic OH excluding ortho intramolecular Hbond substituents is 1. The van der Waals surface area contributed by atoms with Gasteiger partial charge in [-0.25, -0.2) is 9.97 Å². The van der Waals surface area contributed by atoms with Gasteiger partial charge in [0.15, 0.2) is 0 Å². The highest BCUT2D eigenvalue weighted by Crippen LogP contribution is 2.40. The van der Waals surface area contributed by atoms with Gasteiger partial charge in [0.1, 0.15) is 16.4 Å². The molecule has 1 aliphatic rings. The molecule has 0 bridgehead atoms. The molecule has 0 saturated heterocycles. The number of carbonyl (C=O) groups is 1. The van der Waals surface area contributed by atoms with Gasteiger partial charge in [0, 0.05) is 24.9 Å². The molecule has 6 heteroatoms. The van der Waals surface area contributed by atoms with Crippen LogP contribution in [0.25, 0.3) is 10.2 Å². The number of hydrogen-bond donors (Lipinski definition) is 1. The van der Waals surface area contributed by atoms with Crippen LogP contribution in [0, 0.1) is 13.8 Å². The summed E-state index contributed by atoms with van der Waals surface area (Å²) in [6.07, 6.45) is 2.33. The normalized spacial score (nSPS) is 14.0. The minimum atomic E-state index is -0.00838. The third-order valence-electron chi connectivity index (χ3n) is 4.83. The Bertz CT molecular complexity index is 990. The lowest BCUT2D eigenvalue weighted by Gasteiger charge is -2.17. The summed E-state index contributed by atoms with van der Waals surface area (Å²) in [6.45, 7) is 4.47. The molecule has 1 aromatic carbocycles. The third-order valence-corrected chi connectivity index (χ3v) is 6.00. The van der Waals surface area contributed by atoms with Crippen LogP contribution in [0.3, 0.4) is 0 Å². The highest BCUT2D eigenvalue weighted by molar-refractivity contribution is 7.20. The Balaban J connectivity index is 1.64. The van der Waals surface area contributed by atoms with E-state index in [0.29, 0.717) is 12.5 Å². The fraction of sp³-hybridized carbons (Fsp3) is 0.350. The average molecular weight is 367 g/mol. The fourth-order valence-corrected chi connectivity index (χ4v) is 4.44. The highest BCUT2D eigenvalue weighted by Gasteiger charge is 2.29. The van der Waals surface area contributed by atoms with Crippen LogP contribution in [-0.4, -0.2) is 32.9 Å². The first kappa shape index (κ1) is 17.0. The van der Waals surface area contributed by atoms with Crippen LogP contribution in [0.2, 0.25) is 0 Å². The van der Waals surface area contributed by atoms with E-state index in [-0.39, 0.29) is 11.7 Å². The predicted octanol–water partition coefficient (Wildman–Crippen LogP) is 4.16. The molecule has 0 aliphatic heterocycles. The summed E-state index contributed by atoms with van der Waals surface area (Å²) in [5.41, 5.74) is 2.91. The van der Waals surface area contributed by atoms with E-state index in [4.69, 9.17) is 4.98 Å². The molecule has 1 fully saturated rings. The zero-order chi connectivity index (χ0) is 18.4. The van der Waals surface area contributed by atoms with Crippen LogP contribution in [0.5, 0.6) is 5.75 Å². The maximum Gasteiger partial charge on any atom is 0.264 e. The number of benzene rings is 1. The molecule has 1 aliphatic carbocycles. The molecule has 26 heavy (non-hydrogen) atoms. The van der Waals surface area contributed by atoms with Crippen molar-refractivity contribution >= 4 is 27.5 Å². The third kappa shape index (κ3) is 3.05. The first-order valence-corrected chi connectivity index (χ1v) is 9.56.